The highest BCUT2D eigenvalue weighted by Crippen LogP contribution is 2.28. The van der Waals surface area contributed by atoms with Crippen LogP contribution in [0.5, 0.6) is 11.5 Å². The molecule has 0 bridgehead atoms. The summed E-state index contributed by atoms with van der Waals surface area (Å²) >= 11 is 0. The first kappa shape index (κ1) is 20.6. The Labute approximate surface area is 196 Å². The van der Waals surface area contributed by atoms with Crippen LogP contribution in [0.4, 0.5) is 5.82 Å². The van der Waals surface area contributed by atoms with Gasteiger partial charge in [-0.25, -0.2) is 9.67 Å². The monoisotopic (exact) mass is 456 g/mol. The summed E-state index contributed by atoms with van der Waals surface area (Å²) in [6.07, 6.45) is 6.75. The largest absolute Gasteiger partial charge is 0.497 e. The van der Waals surface area contributed by atoms with Crippen LogP contribution in [-0.2, 0) is 24.2 Å². The van der Waals surface area contributed by atoms with Gasteiger partial charge in [-0.05, 0) is 61.2 Å². The summed E-state index contributed by atoms with van der Waals surface area (Å²) in [5.41, 5.74) is 5.15. The molecule has 1 amide bonds. The van der Waals surface area contributed by atoms with Gasteiger partial charge in [-0.2, -0.15) is 5.10 Å². The number of rotatable bonds is 5. The number of anilines is 1. The van der Waals surface area contributed by atoms with Crippen molar-refractivity contribution < 1.29 is 14.3 Å². The Morgan fingerprint density at radius 2 is 2.21 bits per heavy atom. The minimum absolute atomic E-state index is 0.0349. The van der Waals surface area contributed by atoms with Crippen LogP contribution in [0, 0.1) is 0 Å². The number of fused-ring (bicyclic) bond motifs is 3. The van der Waals surface area contributed by atoms with Crippen molar-refractivity contribution >= 4 is 22.6 Å². The maximum Gasteiger partial charge on any atom is 0.263 e. The molecule has 4 heterocycles. The van der Waals surface area contributed by atoms with E-state index in [1.54, 1.807) is 7.11 Å². The van der Waals surface area contributed by atoms with E-state index in [-0.39, 0.29) is 12.5 Å². The lowest BCUT2D eigenvalue weighted by Crippen LogP contribution is -2.34. The summed E-state index contributed by atoms with van der Waals surface area (Å²) in [5, 5.41) is 12.3. The van der Waals surface area contributed by atoms with Gasteiger partial charge in [0.1, 0.15) is 5.75 Å². The Bertz CT molecular complexity index is 1400. The smallest absolute Gasteiger partial charge is 0.263 e. The average molecular weight is 457 g/mol. The molecule has 1 atom stereocenters. The van der Waals surface area contributed by atoms with Crippen LogP contribution in [0.1, 0.15) is 23.4 Å². The van der Waals surface area contributed by atoms with Crippen molar-refractivity contribution in [3.05, 3.63) is 65.7 Å². The van der Waals surface area contributed by atoms with Crippen molar-refractivity contribution in [1.82, 2.24) is 25.1 Å². The molecule has 172 valence electrons. The van der Waals surface area contributed by atoms with Crippen LogP contribution in [0.2, 0.25) is 0 Å². The van der Waals surface area contributed by atoms with Gasteiger partial charge in [-0.15, -0.1) is 0 Å². The van der Waals surface area contributed by atoms with Crippen LogP contribution in [0.3, 0.4) is 0 Å². The molecule has 0 spiro atoms. The standard InChI is InChI=1S/C25H24N6O3/c1-33-18-4-6-21-19(11-18)22(8-9-26-21)31-13-15-10-16(2-5-20(15)30-31)27-12-17-3-7-23-25(28-17)29-24(32)14-34-23/h3-4,6-9,11,13,16,27H,2,5,10,12,14H2,1H3,(H,28,29,32). The van der Waals surface area contributed by atoms with Crippen LogP contribution < -0.4 is 20.1 Å². The number of methoxy groups -OCH3 is 1. The van der Waals surface area contributed by atoms with Gasteiger partial charge in [0, 0.05) is 30.4 Å². The molecule has 0 radical (unpaired) electrons. The first-order valence-electron chi connectivity index (χ1n) is 11.3. The normalized spacial score (nSPS) is 17.0. The minimum Gasteiger partial charge on any atom is -0.497 e. The number of carbonyl (C=O) groups excluding carboxylic acids is 1. The number of carbonyl (C=O) groups is 1. The van der Waals surface area contributed by atoms with Crippen molar-refractivity contribution in [2.45, 2.75) is 31.8 Å². The lowest BCUT2D eigenvalue weighted by molar-refractivity contribution is -0.118. The number of pyridine rings is 2. The summed E-state index contributed by atoms with van der Waals surface area (Å²) in [6, 6.07) is 12.0. The van der Waals surface area contributed by atoms with E-state index in [9.17, 15) is 4.79 Å². The third-order valence-electron chi connectivity index (χ3n) is 6.35. The molecule has 9 nitrogen and oxygen atoms in total. The van der Waals surface area contributed by atoms with Crippen LogP contribution >= 0.6 is 0 Å². The fourth-order valence-corrected chi connectivity index (χ4v) is 4.59. The Hall–Kier alpha value is -3.98. The van der Waals surface area contributed by atoms with Gasteiger partial charge in [-0.3, -0.25) is 9.78 Å². The van der Waals surface area contributed by atoms with Crippen molar-refractivity contribution in [3.8, 4) is 17.2 Å². The van der Waals surface area contributed by atoms with Gasteiger partial charge in [0.05, 0.1) is 29.7 Å². The Kier molecular flexibility index (Phi) is 5.10. The van der Waals surface area contributed by atoms with Gasteiger partial charge in [-0.1, -0.05) is 0 Å². The van der Waals surface area contributed by atoms with Crippen LogP contribution in [-0.4, -0.2) is 45.4 Å². The number of hydrogen-bond acceptors (Lipinski definition) is 7. The fourth-order valence-electron chi connectivity index (χ4n) is 4.59. The van der Waals surface area contributed by atoms with E-state index in [1.165, 1.54) is 5.56 Å². The van der Waals surface area contributed by atoms with Crippen molar-refractivity contribution in [3.63, 3.8) is 0 Å². The van der Waals surface area contributed by atoms with E-state index >= 15 is 0 Å². The number of hydrogen-bond donors (Lipinski definition) is 2. The first-order chi connectivity index (χ1) is 16.7. The van der Waals surface area contributed by atoms with Gasteiger partial charge in [0.25, 0.3) is 5.91 Å². The summed E-state index contributed by atoms with van der Waals surface area (Å²) in [5.74, 6) is 1.72. The molecule has 1 aliphatic carbocycles. The first-order valence-corrected chi connectivity index (χ1v) is 11.3. The van der Waals surface area contributed by atoms with Gasteiger partial charge in [0.15, 0.2) is 18.2 Å². The molecular weight excluding hydrogens is 432 g/mol. The summed E-state index contributed by atoms with van der Waals surface area (Å²) < 4.78 is 12.8. The molecule has 0 fully saturated rings. The molecule has 1 unspecified atom stereocenters. The van der Waals surface area contributed by atoms with Gasteiger partial charge in [0.2, 0.25) is 0 Å². The van der Waals surface area contributed by atoms with E-state index < -0.39 is 0 Å². The highest BCUT2D eigenvalue weighted by atomic mass is 16.5. The molecule has 2 aliphatic rings. The van der Waals surface area contributed by atoms with Crippen molar-refractivity contribution in [2.24, 2.45) is 0 Å². The second kappa shape index (κ2) is 8.42. The number of aryl methyl sites for hydroxylation is 1. The highest BCUT2D eigenvalue weighted by molar-refractivity contribution is 5.94. The second-order valence-corrected chi connectivity index (χ2v) is 8.57. The quantitative estimate of drug-likeness (QED) is 0.476. The molecule has 0 saturated carbocycles. The van der Waals surface area contributed by atoms with E-state index in [1.807, 2.05) is 47.3 Å². The molecule has 34 heavy (non-hydrogen) atoms. The predicted octanol–water partition coefficient (Wildman–Crippen LogP) is 2.80. The zero-order valence-corrected chi connectivity index (χ0v) is 18.7. The number of aromatic nitrogens is 4. The predicted molar refractivity (Wildman–Crippen MR) is 126 cm³/mol. The van der Waals surface area contributed by atoms with Crippen molar-refractivity contribution in [2.75, 3.05) is 19.0 Å². The SMILES string of the molecule is COc1ccc2nccc(-n3cc4c(n3)CCC(NCc3ccc5c(n3)NC(=O)CO5)C4)c2c1. The Morgan fingerprint density at radius 1 is 1.26 bits per heavy atom. The number of amides is 1. The Morgan fingerprint density at radius 3 is 3.12 bits per heavy atom. The molecule has 3 aromatic heterocycles. The molecule has 1 aromatic carbocycles. The van der Waals surface area contributed by atoms with Gasteiger partial charge >= 0.3 is 0 Å². The maximum atomic E-state index is 11.6. The molecule has 0 saturated heterocycles. The van der Waals surface area contributed by atoms with Crippen molar-refractivity contribution in [1.29, 1.82) is 0 Å². The molecule has 9 heteroatoms. The number of benzene rings is 1. The minimum atomic E-state index is -0.178. The molecule has 4 aromatic rings. The number of ether oxygens (including phenoxy) is 2. The Balaban J connectivity index is 1.18. The van der Waals surface area contributed by atoms with Crippen LogP contribution in [0.25, 0.3) is 16.6 Å². The maximum absolute atomic E-state index is 11.6. The lowest BCUT2D eigenvalue weighted by Gasteiger charge is -2.23. The summed E-state index contributed by atoms with van der Waals surface area (Å²) in [4.78, 5) is 20.6. The molecule has 2 N–H and O–H groups in total. The van der Waals surface area contributed by atoms with E-state index in [0.29, 0.717) is 24.2 Å². The second-order valence-electron chi connectivity index (χ2n) is 8.57. The third-order valence-corrected chi connectivity index (χ3v) is 6.35. The zero-order valence-electron chi connectivity index (χ0n) is 18.7. The van der Waals surface area contributed by atoms with Gasteiger partial charge < -0.3 is 20.1 Å². The lowest BCUT2D eigenvalue weighted by atomic mass is 9.93. The number of nitrogens with zero attached hydrogens (tertiary/aromatic N) is 4. The number of nitrogens with one attached hydrogen (secondary N) is 2. The highest BCUT2D eigenvalue weighted by Gasteiger charge is 2.23. The fraction of sp³-hybridized carbons (Fsp3) is 0.280. The third kappa shape index (κ3) is 3.84. The average Bonchev–Trinajstić information content (AvgIpc) is 3.29. The van der Waals surface area contributed by atoms with E-state index in [2.05, 4.69) is 26.8 Å². The molecular formula is C25H24N6O3. The zero-order chi connectivity index (χ0) is 23.1. The van der Waals surface area contributed by atoms with E-state index in [0.717, 1.165) is 53.0 Å². The summed E-state index contributed by atoms with van der Waals surface area (Å²) in [7, 11) is 1.67. The molecule has 6 rings (SSSR count). The van der Waals surface area contributed by atoms with E-state index in [4.69, 9.17) is 14.6 Å². The summed E-state index contributed by atoms with van der Waals surface area (Å²) in [6.45, 7) is 0.652. The topological polar surface area (TPSA) is 103 Å². The van der Waals surface area contributed by atoms with Crippen LogP contribution in [0.15, 0.2) is 48.8 Å². The molecule has 1 aliphatic heterocycles.